The molecule has 3 rings (SSSR count). The summed E-state index contributed by atoms with van der Waals surface area (Å²) < 4.78 is 45.2. The van der Waals surface area contributed by atoms with Gasteiger partial charge in [0, 0.05) is 30.2 Å². The second-order valence-electron chi connectivity index (χ2n) is 7.64. The molecule has 1 saturated heterocycles. The number of methoxy groups -OCH3 is 1. The van der Waals surface area contributed by atoms with E-state index < -0.39 is 45.4 Å². The monoisotopic (exact) mass is 468 g/mol. The molecule has 33 heavy (non-hydrogen) atoms. The Morgan fingerprint density at radius 3 is 2.15 bits per heavy atom. The maximum Gasteiger partial charge on any atom is 0.573 e. The number of amides is 1. The molecule has 0 radical (unpaired) electrons. The number of carbonyl (C=O) groups excluding carboxylic acids is 2. The maximum absolute atomic E-state index is 12.4. The molecule has 3 unspecified atom stereocenters. The van der Waals surface area contributed by atoms with Crippen molar-refractivity contribution in [3.05, 3.63) is 64.2 Å². The molecule has 1 heterocycles. The molecule has 2 aromatic carbocycles. The van der Waals surface area contributed by atoms with Crippen LogP contribution in [-0.4, -0.2) is 43.5 Å². The van der Waals surface area contributed by atoms with Crippen LogP contribution in [0.1, 0.15) is 17.9 Å². The molecule has 176 valence electrons. The van der Waals surface area contributed by atoms with Gasteiger partial charge in [0.2, 0.25) is 0 Å². The third-order valence-corrected chi connectivity index (χ3v) is 5.66. The van der Waals surface area contributed by atoms with Crippen LogP contribution in [0.3, 0.4) is 0 Å². The van der Waals surface area contributed by atoms with E-state index in [0.717, 1.165) is 31.4 Å². The normalized spacial score (nSPS) is 22.9. The average Bonchev–Trinajstić information content (AvgIpc) is 2.77. The number of likely N-dealkylation sites (tertiary alicyclic amines) is 1. The smallest absolute Gasteiger partial charge is 0.498 e. The number of hydrogen-bond donors (Lipinski definition) is 0. The van der Waals surface area contributed by atoms with E-state index >= 15 is 0 Å². The minimum atomic E-state index is -4.86. The molecular formula is C21H19F3N2O7. The van der Waals surface area contributed by atoms with E-state index in [9.17, 15) is 38.0 Å². The maximum atomic E-state index is 12.4. The van der Waals surface area contributed by atoms with Crippen LogP contribution in [0.2, 0.25) is 0 Å². The van der Waals surface area contributed by atoms with Crippen molar-refractivity contribution < 1.29 is 42.3 Å². The van der Waals surface area contributed by atoms with Gasteiger partial charge in [-0.2, -0.15) is 0 Å². The Balaban J connectivity index is 2.00. The molecule has 3 atom stereocenters. The van der Waals surface area contributed by atoms with Gasteiger partial charge < -0.3 is 19.4 Å². The number of esters is 1. The van der Waals surface area contributed by atoms with Crippen molar-refractivity contribution in [2.24, 2.45) is 5.92 Å². The molecule has 0 N–H and O–H groups in total. The number of alkyl halides is 3. The van der Waals surface area contributed by atoms with Gasteiger partial charge in [-0.15, -0.1) is 13.2 Å². The predicted molar refractivity (Wildman–Crippen MR) is 106 cm³/mol. The Hall–Kier alpha value is -3.67. The first kappa shape index (κ1) is 24.0. The lowest BCUT2D eigenvalue weighted by atomic mass is 9.82. The number of nitrogens with zero attached hydrogens (tertiary/aromatic N) is 2. The fraction of sp³-hybridized carbons (Fsp3) is 0.333. The molecule has 9 nitrogen and oxygen atoms in total. The number of rotatable bonds is 5. The van der Waals surface area contributed by atoms with E-state index in [-0.39, 0.29) is 30.9 Å². The summed E-state index contributed by atoms with van der Waals surface area (Å²) in [5.41, 5.74) is 0.411. The number of piperidine rings is 1. The van der Waals surface area contributed by atoms with Crippen molar-refractivity contribution in [1.82, 2.24) is 4.48 Å². The number of benzene rings is 2. The van der Waals surface area contributed by atoms with Gasteiger partial charge in [0.1, 0.15) is 23.9 Å². The average molecular weight is 468 g/mol. The number of carboxylic acid groups (broad SMARTS) is 1. The molecule has 1 aliphatic heterocycles. The number of non-ortho nitro benzene ring substituents is 1. The highest BCUT2D eigenvalue weighted by molar-refractivity contribution is 5.82. The van der Waals surface area contributed by atoms with Gasteiger partial charge in [0.25, 0.3) is 11.8 Å². The van der Waals surface area contributed by atoms with Gasteiger partial charge in [-0.25, -0.2) is 4.48 Å². The minimum Gasteiger partial charge on any atom is -0.498 e. The van der Waals surface area contributed by atoms with Gasteiger partial charge >= 0.3 is 12.3 Å². The van der Waals surface area contributed by atoms with Crippen molar-refractivity contribution in [2.45, 2.75) is 18.7 Å². The van der Waals surface area contributed by atoms with Gasteiger partial charge in [-0.1, -0.05) is 12.1 Å². The zero-order valence-corrected chi connectivity index (χ0v) is 17.3. The third kappa shape index (κ3) is 5.22. The number of nitro benzene ring substituents is 1. The Morgan fingerprint density at radius 1 is 1.06 bits per heavy atom. The summed E-state index contributed by atoms with van der Waals surface area (Å²) >= 11 is 0. The summed E-state index contributed by atoms with van der Waals surface area (Å²) in [5.74, 6) is -2.53. The molecule has 0 bridgehead atoms. The van der Waals surface area contributed by atoms with Gasteiger partial charge in [-0.3, -0.25) is 14.9 Å². The van der Waals surface area contributed by atoms with Gasteiger partial charge in [0.15, 0.2) is 0 Å². The molecule has 0 aliphatic carbocycles. The van der Waals surface area contributed by atoms with E-state index in [1.807, 2.05) is 0 Å². The summed E-state index contributed by atoms with van der Waals surface area (Å²) in [5, 5.41) is 23.3. The van der Waals surface area contributed by atoms with Crippen LogP contribution in [-0.2, 0) is 9.53 Å². The lowest BCUT2D eigenvalue weighted by Gasteiger charge is -2.45. The second-order valence-corrected chi connectivity index (χ2v) is 7.64. The molecule has 12 heteroatoms. The lowest BCUT2D eigenvalue weighted by molar-refractivity contribution is -0.384. The summed E-state index contributed by atoms with van der Waals surface area (Å²) in [6, 6.07) is 9.80. The quantitative estimate of drug-likeness (QED) is 0.286. The summed E-state index contributed by atoms with van der Waals surface area (Å²) in [4.78, 5) is 35.1. The van der Waals surface area contributed by atoms with E-state index in [1.165, 1.54) is 24.3 Å². The van der Waals surface area contributed by atoms with Crippen molar-refractivity contribution >= 4 is 23.4 Å². The Kier molecular flexibility index (Phi) is 6.58. The topological polar surface area (TPSA) is 119 Å². The van der Waals surface area contributed by atoms with Gasteiger partial charge in [0.05, 0.1) is 18.6 Å². The molecule has 1 amide bonds. The predicted octanol–water partition coefficient (Wildman–Crippen LogP) is 3.12. The zero-order valence-electron chi connectivity index (χ0n) is 17.3. The van der Waals surface area contributed by atoms with E-state index in [1.54, 1.807) is 0 Å². The van der Waals surface area contributed by atoms with Crippen LogP contribution in [0.15, 0.2) is 48.5 Å². The highest BCUT2D eigenvalue weighted by Gasteiger charge is 2.47. The van der Waals surface area contributed by atoms with Gasteiger partial charge in [-0.05, 0) is 24.1 Å². The molecule has 0 aromatic heterocycles. The van der Waals surface area contributed by atoms with Crippen LogP contribution in [0.25, 0.3) is 0 Å². The molecule has 0 saturated carbocycles. The molecule has 1 aliphatic rings. The van der Waals surface area contributed by atoms with Crippen molar-refractivity contribution in [1.29, 1.82) is 0 Å². The first-order chi connectivity index (χ1) is 15.4. The SMILES string of the molecule is COC(=O)C1CC(c2ccc(OC(F)(F)F)cc2)C[N+](C(=O)[O-])(c2ccc([N+](=O)[O-])cc2)C1. The number of quaternary nitrogens is 1. The first-order valence-electron chi connectivity index (χ1n) is 9.72. The molecular weight excluding hydrogens is 449 g/mol. The van der Waals surface area contributed by atoms with E-state index in [4.69, 9.17) is 4.74 Å². The summed E-state index contributed by atoms with van der Waals surface area (Å²) in [6.45, 7) is -0.300. The second kappa shape index (κ2) is 9.06. The van der Waals surface area contributed by atoms with E-state index in [2.05, 4.69) is 4.74 Å². The number of hydrogen-bond acceptors (Lipinski definition) is 7. The highest BCUT2D eigenvalue weighted by Crippen LogP contribution is 2.39. The van der Waals surface area contributed by atoms with Crippen LogP contribution in [0.4, 0.5) is 29.3 Å². The van der Waals surface area contributed by atoms with E-state index in [0.29, 0.717) is 5.56 Å². The van der Waals surface area contributed by atoms with Crippen molar-refractivity contribution in [3.8, 4) is 5.75 Å². The number of nitro groups is 1. The minimum absolute atomic E-state index is 0.0902. The van der Waals surface area contributed by atoms with Crippen molar-refractivity contribution in [2.75, 3.05) is 20.2 Å². The number of halogens is 3. The Bertz CT molecular complexity index is 1040. The van der Waals surface area contributed by atoms with Crippen LogP contribution >= 0.6 is 0 Å². The molecule has 1 fully saturated rings. The van der Waals surface area contributed by atoms with Crippen LogP contribution in [0, 0.1) is 16.0 Å². The Morgan fingerprint density at radius 2 is 1.67 bits per heavy atom. The standard InChI is InChI=1S/C21H19F3N2O7/c1-32-19(27)15-10-14(13-2-8-18(9-3-13)33-21(22,23)24)11-26(12-15,20(28)29)17-6-4-16(5-7-17)25(30)31/h2-9,14-15H,10-12H2,1H3. The van der Waals surface area contributed by atoms with Crippen LogP contribution in [0.5, 0.6) is 5.75 Å². The Labute approximate surface area is 185 Å². The summed E-state index contributed by atoms with van der Waals surface area (Å²) in [7, 11) is 1.16. The number of carbonyl (C=O) groups is 2. The zero-order chi connectivity index (χ0) is 24.4. The first-order valence-corrected chi connectivity index (χ1v) is 9.72. The van der Waals surface area contributed by atoms with Crippen LogP contribution < -0.4 is 14.3 Å². The molecule has 0 spiro atoms. The lowest BCUT2D eigenvalue weighted by Crippen LogP contribution is -2.66. The molecule has 2 aromatic rings. The third-order valence-electron chi connectivity index (χ3n) is 5.66. The number of ether oxygens (including phenoxy) is 2. The fourth-order valence-electron chi connectivity index (χ4n) is 4.17. The fourth-order valence-corrected chi connectivity index (χ4v) is 4.17. The highest BCUT2D eigenvalue weighted by atomic mass is 19.4. The summed E-state index contributed by atoms with van der Waals surface area (Å²) in [6.07, 6.45) is -6.20. The largest absolute Gasteiger partial charge is 0.573 e. The van der Waals surface area contributed by atoms with Crippen molar-refractivity contribution in [3.63, 3.8) is 0 Å².